The molecule has 1 aromatic rings. The third kappa shape index (κ3) is 2.76. The zero-order chi connectivity index (χ0) is 15.7. The van der Waals surface area contributed by atoms with Crippen molar-refractivity contribution < 1.29 is 9.85 Å². The van der Waals surface area contributed by atoms with Crippen LogP contribution >= 0.6 is 0 Å². The third-order valence-electron chi connectivity index (χ3n) is 4.63. The molecule has 3 rings (SSSR count). The van der Waals surface area contributed by atoms with Gasteiger partial charge in [-0.2, -0.15) is 5.10 Å². The van der Waals surface area contributed by atoms with Gasteiger partial charge in [-0.25, -0.2) is 0 Å². The Morgan fingerprint density at radius 2 is 2.00 bits per heavy atom. The number of benzene rings is 1. The number of nitrogens with one attached hydrogen (secondary N) is 1. The van der Waals surface area contributed by atoms with Crippen LogP contribution in [0.3, 0.4) is 0 Å². The Hall–Kier alpha value is -2.51. The molecule has 0 saturated heterocycles. The molecular formula is C14H16N4O4. The number of anilines is 1. The van der Waals surface area contributed by atoms with Crippen LogP contribution in [0.4, 0.5) is 17.1 Å². The van der Waals surface area contributed by atoms with Gasteiger partial charge in [0.25, 0.3) is 5.69 Å². The fourth-order valence-electron chi connectivity index (χ4n) is 3.56. The molecule has 1 aromatic carbocycles. The van der Waals surface area contributed by atoms with E-state index in [0.29, 0.717) is 11.8 Å². The molecule has 22 heavy (non-hydrogen) atoms. The highest BCUT2D eigenvalue weighted by Crippen LogP contribution is 2.47. The summed E-state index contributed by atoms with van der Waals surface area (Å²) in [7, 11) is 0. The zero-order valence-electron chi connectivity index (χ0n) is 11.8. The predicted molar refractivity (Wildman–Crippen MR) is 80.8 cm³/mol. The summed E-state index contributed by atoms with van der Waals surface area (Å²) in [6.45, 7) is 0. The molecule has 8 heteroatoms. The summed E-state index contributed by atoms with van der Waals surface area (Å²) in [6.07, 6.45) is 6.76. The van der Waals surface area contributed by atoms with Gasteiger partial charge in [-0.05, 0) is 43.1 Å². The molecule has 0 spiro atoms. The van der Waals surface area contributed by atoms with Crippen molar-refractivity contribution >= 4 is 23.3 Å². The Morgan fingerprint density at radius 1 is 1.18 bits per heavy atom. The molecule has 116 valence electrons. The molecule has 0 aliphatic heterocycles. The number of nitrogens with zero attached hydrogens (tertiary/aromatic N) is 3. The number of nitro groups is 2. The van der Waals surface area contributed by atoms with Gasteiger partial charge in [0.15, 0.2) is 0 Å². The predicted octanol–water partition coefficient (Wildman–Crippen LogP) is 3.34. The molecule has 0 heterocycles. The summed E-state index contributed by atoms with van der Waals surface area (Å²) in [5.41, 5.74) is 2.16. The molecule has 0 radical (unpaired) electrons. The smallest absolute Gasteiger partial charge is 0.272 e. The largest absolute Gasteiger partial charge is 0.301 e. The van der Waals surface area contributed by atoms with Gasteiger partial charge in [0.1, 0.15) is 5.69 Å². The molecule has 8 nitrogen and oxygen atoms in total. The van der Waals surface area contributed by atoms with E-state index in [1.165, 1.54) is 31.4 Å². The van der Waals surface area contributed by atoms with E-state index in [1.54, 1.807) is 0 Å². The van der Waals surface area contributed by atoms with Gasteiger partial charge in [-0.15, -0.1) is 0 Å². The lowest BCUT2D eigenvalue weighted by Crippen LogP contribution is -2.12. The minimum atomic E-state index is -0.657. The Kier molecular flexibility index (Phi) is 3.74. The van der Waals surface area contributed by atoms with Crippen LogP contribution in [0.1, 0.15) is 25.7 Å². The van der Waals surface area contributed by atoms with Gasteiger partial charge in [-0.1, -0.05) is 6.42 Å². The molecule has 2 aliphatic carbocycles. The highest BCUT2D eigenvalue weighted by atomic mass is 16.6. The van der Waals surface area contributed by atoms with E-state index in [-0.39, 0.29) is 17.1 Å². The van der Waals surface area contributed by atoms with Crippen LogP contribution in [-0.2, 0) is 0 Å². The van der Waals surface area contributed by atoms with Crippen molar-refractivity contribution in [1.29, 1.82) is 0 Å². The molecular weight excluding hydrogens is 288 g/mol. The first-order chi connectivity index (χ1) is 10.5. The Morgan fingerprint density at radius 3 is 2.59 bits per heavy atom. The molecule has 2 saturated carbocycles. The van der Waals surface area contributed by atoms with Crippen molar-refractivity contribution in [2.24, 2.45) is 22.9 Å². The summed E-state index contributed by atoms with van der Waals surface area (Å²) < 4.78 is 0. The van der Waals surface area contributed by atoms with Gasteiger partial charge in [0.2, 0.25) is 0 Å². The van der Waals surface area contributed by atoms with Crippen LogP contribution in [-0.4, -0.2) is 16.1 Å². The number of non-ortho nitro benzene ring substituents is 1. The van der Waals surface area contributed by atoms with Crippen molar-refractivity contribution in [2.75, 3.05) is 5.43 Å². The van der Waals surface area contributed by atoms with Crippen molar-refractivity contribution in [2.45, 2.75) is 25.7 Å². The lowest BCUT2D eigenvalue weighted by atomic mass is 9.90. The van der Waals surface area contributed by atoms with Crippen LogP contribution < -0.4 is 5.43 Å². The third-order valence-corrected chi connectivity index (χ3v) is 4.63. The molecule has 1 N–H and O–H groups in total. The normalized spacial score (nSPS) is 26.5. The first-order valence-electron chi connectivity index (χ1n) is 7.26. The van der Waals surface area contributed by atoms with Gasteiger partial charge >= 0.3 is 5.69 Å². The Labute approximate surface area is 126 Å². The first-order valence-corrected chi connectivity index (χ1v) is 7.26. The van der Waals surface area contributed by atoms with Crippen LogP contribution in [0.25, 0.3) is 0 Å². The van der Waals surface area contributed by atoms with Crippen LogP contribution in [0.2, 0.25) is 0 Å². The quantitative estimate of drug-likeness (QED) is 0.509. The second kappa shape index (κ2) is 5.70. The van der Waals surface area contributed by atoms with Crippen molar-refractivity contribution in [3.8, 4) is 0 Å². The average Bonchev–Trinajstić information content (AvgIpc) is 3.09. The topological polar surface area (TPSA) is 111 Å². The second-order valence-corrected chi connectivity index (χ2v) is 5.94. The van der Waals surface area contributed by atoms with Crippen molar-refractivity contribution in [3.63, 3.8) is 0 Å². The van der Waals surface area contributed by atoms with E-state index < -0.39 is 9.85 Å². The zero-order valence-corrected chi connectivity index (χ0v) is 11.8. The van der Waals surface area contributed by atoms with E-state index in [4.69, 9.17) is 0 Å². The molecule has 2 fully saturated rings. The van der Waals surface area contributed by atoms with E-state index in [0.717, 1.165) is 18.4 Å². The summed E-state index contributed by atoms with van der Waals surface area (Å²) in [5, 5.41) is 25.8. The van der Waals surface area contributed by atoms with E-state index in [1.807, 2.05) is 6.21 Å². The lowest BCUT2D eigenvalue weighted by molar-refractivity contribution is -0.393. The number of hydrogen-bond donors (Lipinski definition) is 1. The van der Waals surface area contributed by atoms with Crippen molar-refractivity contribution in [1.82, 2.24) is 0 Å². The Bertz CT molecular complexity index is 646. The van der Waals surface area contributed by atoms with Gasteiger partial charge < -0.3 is 0 Å². The van der Waals surface area contributed by atoms with Crippen LogP contribution in [0.5, 0.6) is 0 Å². The maximum Gasteiger partial charge on any atom is 0.301 e. The fourth-order valence-corrected chi connectivity index (χ4v) is 3.56. The highest BCUT2D eigenvalue weighted by Gasteiger charge is 2.38. The molecule has 3 atom stereocenters. The number of rotatable bonds is 5. The minimum absolute atomic E-state index is 0.162. The molecule has 0 unspecified atom stereocenters. The molecule has 0 amide bonds. The molecule has 0 aromatic heterocycles. The first kappa shape index (κ1) is 14.4. The fraction of sp³-hybridized carbons (Fsp3) is 0.500. The van der Waals surface area contributed by atoms with E-state index >= 15 is 0 Å². The summed E-state index contributed by atoms with van der Waals surface area (Å²) in [6, 6.07) is 3.48. The monoisotopic (exact) mass is 304 g/mol. The molecule has 2 aliphatic rings. The summed E-state index contributed by atoms with van der Waals surface area (Å²) in [5.74, 6) is 1.92. The minimum Gasteiger partial charge on any atom is -0.272 e. The highest BCUT2D eigenvalue weighted by molar-refractivity contribution is 5.68. The van der Waals surface area contributed by atoms with Gasteiger partial charge in [0.05, 0.1) is 15.9 Å². The Balaban J connectivity index is 1.71. The average molecular weight is 304 g/mol. The number of nitro benzene ring substituents is 2. The standard InChI is InChI=1S/C14H16N4O4/c19-17(20)12-3-4-13(14(7-12)18(21)22)16-15-8-11-6-9-1-2-10(11)5-9/h3-4,7-11,16H,1-2,5-6H2/b15-8-/t9-,10-,11-/m1/s1. The SMILES string of the molecule is O=[N+]([O-])c1ccc(N/N=C\[C@H]2C[C@@H]3CC[C@@H]2C3)c([N+](=O)[O-])c1. The number of hydrogen-bond acceptors (Lipinski definition) is 6. The summed E-state index contributed by atoms with van der Waals surface area (Å²) >= 11 is 0. The second-order valence-electron chi connectivity index (χ2n) is 5.94. The van der Waals surface area contributed by atoms with E-state index in [9.17, 15) is 20.2 Å². The van der Waals surface area contributed by atoms with Crippen LogP contribution in [0.15, 0.2) is 23.3 Å². The lowest BCUT2D eigenvalue weighted by Gasteiger charge is -2.16. The number of fused-ring (bicyclic) bond motifs is 2. The van der Waals surface area contributed by atoms with Crippen LogP contribution in [0, 0.1) is 38.0 Å². The maximum absolute atomic E-state index is 11.0. The summed E-state index contributed by atoms with van der Waals surface area (Å²) in [4.78, 5) is 20.4. The molecule has 2 bridgehead atoms. The van der Waals surface area contributed by atoms with Gasteiger partial charge in [-0.3, -0.25) is 25.7 Å². The number of hydrazone groups is 1. The maximum atomic E-state index is 11.0. The van der Waals surface area contributed by atoms with Crippen molar-refractivity contribution in [3.05, 3.63) is 38.4 Å². The van der Waals surface area contributed by atoms with E-state index in [2.05, 4.69) is 10.5 Å². The van der Waals surface area contributed by atoms with Gasteiger partial charge in [0, 0.05) is 12.3 Å².